The standard InChI is InChI=1S/C51H40N4/c1-5-44(41-26-18-28-43-47(41)40-25-12-15-27-42(40)51(43,3)4)53-50(34-19-8-6-9-20-34)52-33(2)54-45-29-16-13-23-36(45)38-31-32-39-37-24-14-17-30-46(37)55(49(39)48(38)54)35-21-10-7-11-22-35/h6-32H,2,5H2,1,3-4H3/b52-50-,53-44+. The summed E-state index contributed by atoms with van der Waals surface area (Å²) in [6, 6.07) is 58.2. The Morgan fingerprint density at radius 1 is 0.564 bits per heavy atom. The Bertz CT molecular complexity index is 3050. The van der Waals surface area contributed by atoms with Gasteiger partial charge in [-0.1, -0.05) is 167 Å². The van der Waals surface area contributed by atoms with E-state index in [-0.39, 0.29) is 5.41 Å². The first-order valence-corrected chi connectivity index (χ1v) is 19.1. The van der Waals surface area contributed by atoms with E-state index < -0.39 is 0 Å². The van der Waals surface area contributed by atoms with Crippen molar-refractivity contribution in [3.8, 4) is 16.8 Å². The maximum atomic E-state index is 5.49. The molecular formula is C51H40N4. The third-order valence-electron chi connectivity index (χ3n) is 11.5. The molecule has 9 aromatic rings. The molecule has 10 rings (SSSR count). The number of fused-ring (bicyclic) bond motifs is 10. The molecule has 0 radical (unpaired) electrons. The number of aromatic nitrogens is 2. The number of para-hydroxylation sites is 3. The summed E-state index contributed by atoms with van der Waals surface area (Å²) in [4.78, 5) is 10.9. The number of benzene rings is 7. The van der Waals surface area contributed by atoms with Crippen LogP contribution in [0.2, 0.25) is 0 Å². The Balaban J connectivity index is 1.24. The molecule has 264 valence electrons. The smallest absolute Gasteiger partial charge is 0.161 e. The molecule has 7 aromatic carbocycles. The van der Waals surface area contributed by atoms with Gasteiger partial charge in [0, 0.05) is 43.8 Å². The molecule has 0 atom stereocenters. The molecule has 55 heavy (non-hydrogen) atoms. The predicted molar refractivity (Wildman–Crippen MR) is 233 cm³/mol. The highest BCUT2D eigenvalue weighted by atomic mass is 15.1. The van der Waals surface area contributed by atoms with Crippen molar-refractivity contribution in [3.63, 3.8) is 0 Å². The molecule has 4 nitrogen and oxygen atoms in total. The Labute approximate surface area is 321 Å². The minimum Gasteiger partial charge on any atom is -0.307 e. The molecule has 1 aliphatic carbocycles. The summed E-state index contributed by atoms with van der Waals surface area (Å²) < 4.78 is 4.63. The fourth-order valence-electron chi connectivity index (χ4n) is 8.98. The zero-order valence-electron chi connectivity index (χ0n) is 31.3. The summed E-state index contributed by atoms with van der Waals surface area (Å²) in [5.41, 5.74) is 13.7. The fourth-order valence-corrected chi connectivity index (χ4v) is 8.98. The van der Waals surface area contributed by atoms with Crippen molar-refractivity contribution in [1.82, 2.24) is 9.13 Å². The molecule has 1 aliphatic rings. The molecule has 0 spiro atoms. The lowest BCUT2D eigenvalue weighted by atomic mass is 9.82. The second-order valence-corrected chi connectivity index (χ2v) is 14.9. The van der Waals surface area contributed by atoms with E-state index in [0.717, 1.165) is 61.8 Å². The van der Waals surface area contributed by atoms with Gasteiger partial charge in [-0.2, -0.15) is 0 Å². The van der Waals surface area contributed by atoms with Crippen molar-refractivity contribution in [2.75, 3.05) is 0 Å². The van der Waals surface area contributed by atoms with E-state index in [9.17, 15) is 0 Å². The number of aliphatic imine (C=N–C) groups is 2. The molecular weight excluding hydrogens is 669 g/mol. The number of hydrogen-bond acceptors (Lipinski definition) is 1. The van der Waals surface area contributed by atoms with E-state index in [2.05, 4.69) is 188 Å². The SMILES string of the molecule is C=C(/N=C(\N=C(/CC)c1cccc2c1-c1ccccc1C2(C)C)c1ccccc1)n1c2ccccc2c2ccc3c4ccccc4n(-c4ccccc4)c3c21. The molecule has 2 aromatic heterocycles. The van der Waals surface area contributed by atoms with E-state index in [4.69, 9.17) is 16.6 Å². The highest BCUT2D eigenvalue weighted by Crippen LogP contribution is 2.50. The van der Waals surface area contributed by atoms with Crippen molar-refractivity contribution in [2.24, 2.45) is 9.98 Å². The lowest BCUT2D eigenvalue weighted by Crippen LogP contribution is -2.15. The van der Waals surface area contributed by atoms with Crippen LogP contribution in [0.3, 0.4) is 0 Å². The zero-order chi connectivity index (χ0) is 37.3. The van der Waals surface area contributed by atoms with E-state index in [1.807, 2.05) is 6.07 Å². The molecule has 0 fully saturated rings. The van der Waals surface area contributed by atoms with E-state index in [1.54, 1.807) is 0 Å². The summed E-state index contributed by atoms with van der Waals surface area (Å²) in [7, 11) is 0. The minimum atomic E-state index is -0.102. The summed E-state index contributed by atoms with van der Waals surface area (Å²) in [5, 5.41) is 4.69. The van der Waals surface area contributed by atoms with Crippen LogP contribution in [0.5, 0.6) is 0 Å². The van der Waals surface area contributed by atoms with Gasteiger partial charge in [0.05, 0.1) is 27.8 Å². The van der Waals surface area contributed by atoms with Crippen molar-refractivity contribution in [3.05, 3.63) is 193 Å². The normalized spacial score (nSPS) is 13.9. The second-order valence-electron chi connectivity index (χ2n) is 14.9. The summed E-state index contributed by atoms with van der Waals surface area (Å²) in [5.74, 6) is 1.23. The summed E-state index contributed by atoms with van der Waals surface area (Å²) >= 11 is 0. The molecule has 2 heterocycles. The number of rotatable bonds is 6. The average molecular weight is 709 g/mol. The quantitative estimate of drug-likeness (QED) is 0.122. The zero-order valence-corrected chi connectivity index (χ0v) is 31.3. The monoisotopic (exact) mass is 708 g/mol. The lowest BCUT2D eigenvalue weighted by Gasteiger charge is -2.21. The molecule has 0 N–H and O–H groups in total. The van der Waals surface area contributed by atoms with Crippen molar-refractivity contribution >= 4 is 61.0 Å². The van der Waals surface area contributed by atoms with Crippen LogP contribution >= 0.6 is 0 Å². The summed E-state index contributed by atoms with van der Waals surface area (Å²) in [6.45, 7) is 11.6. The largest absolute Gasteiger partial charge is 0.307 e. The fraction of sp³-hybridized carbons (Fsp3) is 0.0980. The first-order chi connectivity index (χ1) is 27.0. The van der Waals surface area contributed by atoms with Gasteiger partial charge in [0.25, 0.3) is 0 Å². The Hall–Kier alpha value is -6.78. The maximum Gasteiger partial charge on any atom is 0.161 e. The van der Waals surface area contributed by atoms with Crippen LogP contribution in [0.4, 0.5) is 0 Å². The van der Waals surface area contributed by atoms with Crippen molar-refractivity contribution < 1.29 is 0 Å². The number of nitrogens with zero attached hydrogens (tertiary/aromatic N) is 4. The van der Waals surface area contributed by atoms with E-state index in [0.29, 0.717) is 11.7 Å². The Morgan fingerprint density at radius 2 is 1.16 bits per heavy atom. The predicted octanol–water partition coefficient (Wildman–Crippen LogP) is 13.0. The van der Waals surface area contributed by atoms with Crippen LogP contribution < -0.4 is 0 Å². The van der Waals surface area contributed by atoms with E-state index >= 15 is 0 Å². The van der Waals surface area contributed by atoms with Crippen LogP contribution in [0.1, 0.15) is 49.4 Å². The van der Waals surface area contributed by atoms with Gasteiger partial charge in [-0.3, -0.25) is 4.57 Å². The molecule has 0 aliphatic heterocycles. The van der Waals surface area contributed by atoms with Gasteiger partial charge in [0.15, 0.2) is 5.84 Å². The summed E-state index contributed by atoms with van der Waals surface area (Å²) in [6.07, 6.45) is 0.741. The van der Waals surface area contributed by atoms with Crippen LogP contribution in [0.25, 0.3) is 66.2 Å². The molecule has 0 amide bonds. The molecule has 4 heteroatoms. The van der Waals surface area contributed by atoms with Gasteiger partial charge in [-0.25, -0.2) is 9.98 Å². The van der Waals surface area contributed by atoms with Crippen LogP contribution in [0, 0.1) is 0 Å². The lowest BCUT2D eigenvalue weighted by molar-refractivity contribution is 0.660. The second kappa shape index (κ2) is 12.7. The van der Waals surface area contributed by atoms with Gasteiger partial charge < -0.3 is 4.57 Å². The van der Waals surface area contributed by atoms with Gasteiger partial charge >= 0.3 is 0 Å². The van der Waals surface area contributed by atoms with Gasteiger partial charge in [0.1, 0.15) is 5.82 Å². The number of hydrogen-bond donors (Lipinski definition) is 0. The first kappa shape index (κ1) is 32.8. The third-order valence-corrected chi connectivity index (χ3v) is 11.5. The van der Waals surface area contributed by atoms with Gasteiger partial charge in [-0.05, 0) is 52.9 Å². The minimum absolute atomic E-state index is 0.102. The highest BCUT2D eigenvalue weighted by molar-refractivity contribution is 6.24. The van der Waals surface area contributed by atoms with Gasteiger partial charge in [-0.15, -0.1) is 0 Å². The maximum absolute atomic E-state index is 5.49. The van der Waals surface area contributed by atoms with Crippen LogP contribution in [-0.2, 0) is 5.41 Å². The highest BCUT2D eigenvalue weighted by Gasteiger charge is 2.37. The first-order valence-electron chi connectivity index (χ1n) is 19.1. The molecule has 0 saturated heterocycles. The van der Waals surface area contributed by atoms with Gasteiger partial charge in [0.2, 0.25) is 0 Å². The number of amidine groups is 1. The van der Waals surface area contributed by atoms with Crippen molar-refractivity contribution in [1.29, 1.82) is 0 Å². The molecule has 0 unspecified atom stereocenters. The van der Waals surface area contributed by atoms with E-state index in [1.165, 1.54) is 33.0 Å². The van der Waals surface area contributed by atoms with Crippen LogP contribution in [-0.4, -0.2) is 20.7 Å². The molecule has 0 bridgehead atoms. The Morgan fingerprint density at radius 3 is 1.91 bits per heavy atom. The topological polar surface area (TPSA) is 34.6 Å². The average Bonchev–Trinajstić information content (AvgIpc) is 3.84. The molecule has 0 saturated carbocycles. The van der Waals surface area contributed by atoms with Crippen molar-refractivity contribution in [2.45, 2.75) is 32.6 Å². The third kappa shape index (κ3) is 4.98. The van der Waals surface area contributed by atoms with Crippen LogP contribution in [0.15, 0.2) is 180 Å². The Kier molecular flexibility index (Phi) is 7.57.